The quantitative estimate of drug-likeness (QED) is 0.776. The lowest BCUT2D eigenvalue weighted by Crippen LogP contribution is -2.15. The van der Waals surface area contributed by atoms with Crippen LogP contribution >= 0.6 is 11.3 Å². The smallest absolute Gasteiger partial charge is 0.229 e. The minimum Gasteiger partial charge on any atom is -0.323 e. The molecule has 0 aliphatic rings. The molecule has 23 heavy (non-hydrogen) atoms. The van der Waals surface area contributed by atoms with Gasteiger partial charge >= 0.3 is 0 Å². The third-order valence-electron chi connectivity index (χ3n) is 3.74. The van der Waals surface area contributed by atoms with Crippen molar-refractivity contribution >= 4 is 22.9 Å². The fraction of sp³-hybridized carbons (Fsp3) is 0.222. The number of anilines is 1. The van der Waals surface area contributed by atoms with Gasteiger partial charge in [0.05, 0.1) is 30.0 Å². The summed E-state index contributed by atoms with van der Waals surface area (Å²) in [6, 6.07) is 14.1. The zero-order valence-electron chi connectivity index (χ0n) is 13.2. The van der Waals surface area contributed by atoms with E-state index in [2.05, 4.69) is 22.5 Å². The van der Waals surface area contributed by atoms with Gasteiger partial charge in [0.25, 0.3) is 0 Å². The standard InChI is InChI=1S/C18H19N3OS/c1-13-18(19-17(22)11-16-9-6-10-23-16)14(2)21(20-13)12-15-7-4-3-5-8-15/h3-10H,11-12H2,1-2H3,(H,19,22). The molecule has 5 heteroatoms. The lowest BCUT2D eigenvalue weighted by atomic mass is 10.2. The average molecular weight is 325 g/mol. The van der Waals surface area contributed by atoms with Gasteiger partial charge in [0, 0.05) is 4.88 Å². The number of nitrogens with one attached hydrogen (secondary N) is 1. The number of carbonyl (C=O) groups excluding carboxylic acids is 1. The average Bonchev–Trinajstić information content (AvgIpc) is 3.13. The summed E-state index contributed by atoms with van der Waals surface area (Å²) in [6.07, 6.45) is 0.403. The third-order valence-corrected chi connectivity index (χ3v) is 4.61. The highest BCUT2D eigenvalue weighted by molar-refractivity contribution is 7.10. The normalized spacial score (nSPS) is 10.7. The first-order valence-corrected chi connectivity index (χ1v) is 8.41. The molecule has 1 aromatic carbocycles. The van der Waals surface area contributed by atoms with Crippen LogP contribution in [-0.2, 0) is 17.8 Å². The molecule has 0 radical (unpaired) electrons. The molecular formula is C18H19N3OS. The van der Waals surface area contributed by atoms with Gasteiger partial charge in [0.2, 0.25) is 5.91 Å². The van der Waals surface area contributed by atoms with Gasteiger partial charge in [0.1, 0.15) is 0 Å². The van der Waals surface area contributed by atoms with E-state index in [4.69, 9.17) is 0 Å². The molecule has 2 aromatic heterocycles. The number of rotatable bonds is 5. The molecule has 0 atom stereocenters. The molecule has 3 aromatic rings. The van der Waals surface area contributed by atoms with Crippen LogP contribution in [0.4, 0.5) is 5.69 Å². The molecule has 0 bridgehead atoms. The van der Waals surface area contributed by atoms with E-state index in [9.17, 15) is 4.79 Å². The highest BCUT2D eigenvalue weighted by atomic mass is 32.1. The van der Waals surface area contributed by atoms with Crippen molar-refractivity contribution in [3.8, 4) is 0 Å². The number of hydrogen-bond donors (Lipinski definition) is 1. The van der Waals surface area contributed by atoms with E-state index in [1.807, 2.05) is 54.2 Å². The van der Waals surface area contributed by atoms with Crippen LogP contribution in [0.1, 0.15) is 21.8 Å². The molecular weight excluding hydrogens is 306 g/mol. The highest BCUT2D eigenvalue weighted by Crippen LogP contribution is 2.21. The second-order valence-electron chi connectivity index (χ2n) is 5.49. The molecule has 1 amide bonds. The predicted molar refractivity (Wildman–Crippen MR) is 93.9 cm³/mol. The monoisotopic (exact) mass is 325 g/mol. The molecule has 3 rings (SSSR count). The summed E-state index contributed by atoms with van der Waals surface area (Å²) in [7, 11) is 0. The number of hydrogen-bond acceptors (Lipinski definition) is 3. The van der Waals surface area contributed by atoms with E-state index < -0.39 is 0 Å². The second-order valence-corrected chi connectivity index (χ2v) is 6.53. The Balaban J connectivity index is 1.74. The van der Waals surface area contributed by atoms with Crippen molar-refractivity contribution < 1.29 is 4.79 Å². The van der Waals surface area contributed by atoms with Crippen LogP contribution in [0.15, 0.2) is 47.8 Å². The summed E-state index contributed by atoms with van der Waals surface area (Å²) in [5.74, 6) is -0.00193. The van der Waals surface area contributed by atoms with E-state index in [1.54, 1.807) is 11.3 Å². The maximum atomic E-state index is 12.2. The van der Waals surface area contributed by atoms with E-state index in [-0.39, 0.29) is 5.91 Å². The topological polar surface area (TPSA) is 46.9 Å². The van der Waals surface area contributed by atoms with Crippen molar-refractivity contribution in [3.63, 3.8) is 0 Å². The first-order valence-electron chi connectivity index (χ1n) is 7.53. The summed E-state index contributed by atoms with van der Waals surface area (Å²) in [5.41, 5.74) is 3.83. The Hall–Kier alpha value is -2.40. The molecule has 118 valence electrons. The summed E-state index contributed by atoms with van der Waals surface area (Å²) in [5, 5.41) is 9.55. The van der Waals surface area contributed by atoms with Crippen molar-refractivity contribution in [2.75, 3.05) is 5.32 Å². The molecule has 1 N–H and O–H groups in total. The Morgan fingerprint density at radius 3 is 2.65 bits per heavy atom. The molecule has 0 aliphatic heterocycles. The summed E-state index contributed by atoms with van der Waals surface area (Å²) < 4.78 is 1.94. The van der Waals surface area contributed by atoms with Crippen molar-refractivity contribution in [1.29, 1.82) is 0 Å². The maximum Gasteiger partial charge on any atom is 0.229 e. The van der Waals surface area contributed by atoms with E-state index in [0.29, 0.717) is 13.0 Å². The number of aromatic nitrogens is 2. The van der Waals surface area contributed by atoms with Crippen molar-refractivity contribution in [2.45, 2.75) is 26.8 Å². The Kier molecular flexibility index (Phi) is 4.57. The SMILES string of the molecule is Cc1nn(Cc2ccccc2)c(C)c1NC(=O)Cc1cccs1. The van der Waals surface area contributed by atoms with Gasteiger partial charge in [-0.2, -0.15) is 5.10 Å². The van der Waals surface area contributed by atoms with Gasteiger partial charge in [-0.15, -0.1) is 11.3 Å². The van der Waals surface area contributed by atoms with Gasteiger partial charge in [0.15, 0.2) is 0 Å². The fourth-order valence-electron chi connectivity index (χ4n) is 2.54. The Morgan fingerprint density at radius 1 is 1.17 bits per heavy atom. The van der Waals surface area contributed by atoms with Crippen molar-refractivity contribution in [2.24, 2.45) is 0 Å². The van der Waals surface area contributed by atoms with Crippen LogP contribution in [0.3, 0.4) is 0 Å². The van der Waals surface area contributed by atoms with Crippen LogP contribution < -0.4 is 5.32 Å². The van der Waals surface area contributed by atoms with Crippen LogP contribution in [-0.4, -0.2) is 15.7 Å². The van der Waals surface area contributed by atoms with Gasteiger partial charge < -0.3 is 5.32 Å². The second kappa shape index (κ2) is 6.79. The minimum atomic E-state index is -0.00193. The van der Waals surface area contributed by atoms with Crippen molar-refractivity contribution in [3.05, 3.63) is 69.7 Å². The van der Waals surface area contributed by atoms with Crippen LogP contribution in [0.2, 0.25) is 0 Å². The first-order chi connectivity index (χ1) is 11.1. The molecule has 4 nitrogen and oxygen atoms in total. The Bertz CT molecular complexity index is 791. The summed E-state index contributed by atoms with van der Waals surface area (Å²) in [4.78, 5) is 13.3. The van der Waals surface area contributed by atoms with Gasteiger partial charge in [-0.1, -0.05) is 36.4 Å². The summed E-state index contributed by atoms with van der Waals surface area (Å²) in [6.45, 7) is 4.62. The molecule has 0 saturated heterocycles. The van der Waals surface area contributed by atoms with E-state index in [0.717, 1.165) is 22.0 Å². The number of amides is 1. The lowest BCUT2D eigenvalue weighted by molar-refractivity contribution is -0.115. The van der Waals surface area contributed by atoms with Gasteiger partial charge in [-0.3, -0.25) is 9.48 Å². The van der Waals surface area contributed by atoms with E-state index >= 15 is 0 Å². The first kappa shape index (κ1) is 15.5. The molecule has 0 aliphatic carbocycles. The highest BCUT2D eigenvalue weighted by Gasteiger charge is 2.14. The molecule has 0 spiro atoms. The Morgan fingerprint density at radius 2 is 1.96 bits per heavy atom. The number of benzene rings is 1. The fourth-order valence-corrected chi connectivity index (χ4v) is 3.25. The number of carbonyl (C=O) groups is 1. The summed E-state index contributed by atoms with van der Waals surface area (Å²) >= 11 is 1.60. The number of thiophene rings is 1. The zero-order valence-corrected chi connectivity index (χ0v) is 14.1. The molecule has 0 unspecified atom stereocenters. The number of nitrogens with zero attached hydrogens (tertiary/aromatic N) is 2. The van der Waals surface area contributed by atoms with Crippen LogP contribution in [0, 0.1) is 13.8 Å². The molecule has 2 heterocycles. The zero-order chi connectivity index (χ0) is 16.2. The molecule has 0 fully saturated rings. The maximum absolute atomic E-state index is 12.2. The van der Waals surface area contributed by atoms with Crippen LogP contribution in [0.5, 0.6) is 0 Å². The van der Waals surface area contributed by atoms with E-state index in [1.165, 1.54) is 5.56 Å². The van der Waals surface area contributed by atoms with Gasteiger partial charge in [-0.05, 0) is 30.9 Å². The Labute approximate surface area is 139 Å². The number of aryl methyl sites for hydroxylation is 1. The van der Waals surface area contributed by atoms with Gasteiger partial charge in [-0.25, -0.2) is 0 Å². The molecule has 0 saturated carbocycles. The predicted octanol–water partition coefficient (Wildman–Crippen LogP) is 3.79. The van der Waals surface area contributed by atoms with Crippen molar-refractivity contribution in [1.82, 2.24) is 9.78 Å². The lowest BCUT2D eigenvalue weighted by Gasteiger charge is -2.07. The minimum absolute atomic E-state index is 0.00193. The van der Waals surface area contributed by atoms with Crippen LogP contribution in [0.25, 0.3) is 0 Å². The third kappa shape index (κ3) is 3.68. The largest absolute Gasteiger partial charge is 0.323 e.